The molecule has 0 fully saturated rings. The summed E-state index contributed by atoms with van der Waals surface area (Å²) in [5.41, 5.74) is 2.88. The molecule has 20 heavy (non-hydrogen) atoms. The van der Waals surface area contributed by atoms with Crippen molar-refractivity contribution in [2.24, 2.45) is 0 Å². The fourth-order valence-electron chi connectivity index (χ4n) is 2.25. The molecule has 3 nitrogen and oxygen atoms in total. The Hall–Kier alpha value is -2.62. The first kappa shape index (κ1) is 12.4. The Kier molecular flexibility index (Phi) is 2.79. The van der Waals surface area contributed by atoms with E-state index in [0.29, 0.717) is 11.1 Å². The van der Waals surface area contributed by atoms with Crippen LogP contribution >= 0.6 is 0 Å². The van der Waals surface area contributed by atoms with Crippen LogP contribution in [0.5, 0.6) is 0 Å². The quantitative estimate of drug-likeness (QED) is 0.757. The average Bonchev–Trinajstić information content (AvgIpc) is 2.77. The van der Waals surface area contributed by atoms with Gasteiger partial charge in [0, 0.05) is 10.9 Å². The molecule has 0 atom stereocenters. The zero-order valence-corrected chi connectivity index (χ0v) is 10.7. The minimum atomic E-state index is -1.08. The third-order valence-corrected chi connectivity index (χ3v) is 3.31. The molecule has 0 bridgehead atoms. The second-order valence-electron chi connectivity index (χ2n) is 4.58. The molecule has 3 rings (SSSR count). The summed E-state index contributed by atoms with van der Waals surface area (Å²) in [5, 5.41) is 9.80. The Morgan fingerprint density at radius 3 is 2.40 bits per heavy atom. The Morgan fingerprint density at radius 2 is 1.75 bits per heavy atom. The maximum absolute atomic E-state index is 12.9. The van der Waals surface area contributed by atoms with E-state index in [9.17, 15) is 9.18 Å². The first-order chi connectivity index (χ1) is 9.56. The van der Waals surface area contributed by atoms with Gasteiger partial charge in [0.25, 0.3) is 0 Å². The van der Waals surface area contributed by atoms with Crippen LogP contribution in [0.1, 0.15) is 16.1 Å². The summed E-state index contributed by atoms with van der Waals surface area (Å²) < 4.78 is 18.2. The van der Waals surface area contributed by atoms with Gasteiger partial charge in [-0.3, -0.25) is 0 Å². The van der Waals surface area contributed by atoms with E-state index in [1.807, 2.05) is 12.1 Å². The standard InChI is InChI=1S/C16H11FO3/c1-9-13-8-11(10-2-5-12(17)6-3-10)4-7-14(13)20-15(9)16(18)19/h2-8H,1H3,(H,18,19). The van der Waals surface area contributed by atoms with Crippen LogP contribution in [0.4, 0.5) is 4.39 Å². The smallest absolute Gasteiger partial charge is 0.372 e. The summed E-state index contributed by atoms with van der Waals surface area (Å²) in [6.45, 7) is 1.71. The first-order valence-electron chi connectivity index (χ1n) is 6.08. The van der Waals surface area contributed by atoms with Crippen molar-refractivity contribution < 1.29 is 18.7 Å². The van der Waals surface area contributed by atoms with Crippen LogP contribution in [-0.4, -0.2) is 11.1 Å². The molecule has 100 valence electrons. The molecule has 2 aromatic carbocycles. The van der Waals surface area contributed by atoms with Crippen molar-refractivity contribution >= 4 is 16.9 Å². The van der Waals surface area contributed by atoms with Gasteiger partial charge in [0.2, 0.25) is 5.76 Å². The number of halogens is 1. The highest BCUT2D eigenvalue weighted by Crippen LogP contribution is 2.30. The molecular formula is C16H11FO3. The van der Waals surface area contributed by atoms with Crippen molar-refractivity contribution in [2.75, 3.05) is 0 Å². The molecular weight excluding hydrogens is 259 g/mol. The van der Waals surface area contributed by atoms with Gasteiger partial charge in [-0.1, -0.05) is 18.2 Å². The number of rotatable bonds is 2. The maximum atomic E-state index is 12.9. The van der Waals surface area contributed by atoms with E-state index in [-0.39, 0.29) is 11.6 Å². The molecule has 1 aromatic heterocycles. The molecule has 1 N–H and O–H groups in total. The molecule has 0 unspecified atom stereocenters. The Bertz CT molecular complexity index is 800. The van der Waals surface area contributed by atoms with Crippen molar-refractivity contribution in [2.45, 2.75) is 6.92 Å². The minimum absolute atomic E-state index is 0.0451. The topological polar surface area (TPSA) is 50.4 Å². The molecule has 0 spiro atoms. The van der Waals surface area contributed by atoms with Crippen molar-refractivity contribution in [3.8, 4) is 11.1 Å². The number of aromatic carboxylic acids is 1. The summed E-state index contributed by atoms with van der Waals surface area (Å²) in [5.74, 6) is -1.42. The molecule has 0 radical (unpaired) electrons. The van der Waals surface area contributed by atoms with Crippen molar-refractivity contribution in [1.29, 1.82) is 0 Å². The van der Waals surface area contributed by atoms with E-state index < -0.39 is 5.97 Å². The van der Waals surface area contributed by atoms with Crippen LogP contribution in [-0.2, 0) is 0 Å². The van der Waals surface area contributed by atoms with Gasteiger partial charge in [-0.25, -0.2) is 9.18 Å². The van der Waals surface area contributed by atoms with Gasteiger partial charge in [0.15, 0.2) is 0 Å². The van der Waals surface area contributed by atoms with Gasteiger partial charge in [-0.2, -0.15) is 0 Å². The number of carbonyl (C=O) groups is 1. The number of furan rings is 1. The van der Waals surface area contributed by atoms with Crippen LogP contribution in [0.15, 0.2) is 46.9 Å². The third-order valence-electron chi connectivity index (χ3n) is 3.31. The number of carboxylic acid groups (broad SMARTS) is 1. The van der Waals surface area contributed by atoms with Gasteiger partial charge in [0.05, 0.1) is 0 Å². The Morgan fingerprint density at radius 1 is 1.10 bits per heavy atom. The molecule has 3 aromatic rings. The summed E-state index contributed by atoms with van der Waals surface area (Å²) in [7, 11) is 0. The Labute approximate surface area is 114 Å². The fourth-order valence-corrected chi connectivity index (χ4v) is 2.25. The monoisotopic (exact) mass is 270 g/mol. The minimum Gasteiger partial charge on any atom is -0.475 e. The number of hydrogen-bond donors (Lipinski definition) is 1. The van der Waals surface area contributed by atoms with Crippen LogP contribution in [0.3, 0.4) is 0 Å². The predicted molar refractivity (Wildman–Crippen MR) is 73.3 cm³/mol. The molecule has 0 aliphatic carbocycles. The number of aryl methyl sites for hydroxylation is 1. The number of hydrogen-bond acceptors (Lipinski definition) is 2. The fraction of sp³-hybridized carbons (Fsp3) is 0.0625. The van der Waals surface area contributed by atoms with Crippen molar-refractivity contribution in [3.63, 3.8) is 0 Å². The number of fused-ring (bicyclic) bond motifs is 1. The van der Waals surface area contributed by atoms with E-state index in [1.54, 1.807) is 25.1 Å². The SMILES string of the molecule is Cc1c(C(=O)O)oc2ccc(-c3ccc(F)cc3)cc12. The Balaban J connectivity index is 2.17. The zero-order chi connectivity index (χ0) is 14.3. The van der Waals surface area contributed by atoms with Crippen LogP contribution < -0.4 is 0 Å². The van der Waals surface area contributed by atoms with Crippen molar-refractivity contribution in [1.82, 2.24) is 0 Å². The normalized spacial score (nSPS) is 10.9. The summed E-state index contributed by atoms with van der Waals surface area (Å²) >= 11 is 0. The summed E-state index contributed by atoms with van der Waals surface area (Å²) in [4.78, 5) is 11.0. The second-order valence-corrected chi connectivity index (χ2v) is 4.58. The van der Waals surface area contributed by atoms with E-state index in [1.165, 1.54) is 12.1 Å². The van der Waals surface area contributed by atoms with Gasteiger partial charge >= 0.3 is 5.97 Å². The first-order valence-corrected chi connectivity index (χ1v) is 6.08. The van der Waals surface area contributed by atoms with Gasteiger partial charge in [-0.15, -0.1) is 0 Å². The molecule has 0 saturated heterocycles. The lowest BCUT2D eigenvalue weighted by Crippen LogP contribution is -1.95. The highest BCUT2D eigenvalue weighted by Gasteiger charge is 2.16. The molecule has 4 heteroatoms. The third kappa shape index (κ3) is 1.95. The van der Waals surface area contributed by atoms with Crippen LogP contribution in [0.2, 0.25) is 0 Å². The van der Waals surface area contributed by atoms with Crippen LogP contribution in [0.25, 0.3) is 22.1 Å². The lowest BCUT2D eigenvalue weighted by molar-refractivity contribution is 0.0664. The highest BCUT2D eigenvalue weighted by molar-refractivity contribution is 5.96. The molecule has 0 saturated carbocycles. The molecule has 0 aliphatic rings. The van der Waals surface area contributed by atoms with E-state index in [0.717, 1.165) is 16.5 Å². The lowest BCUT2D eigenvalue weighted by atomic mass is 10.0. The van der Waals surface area contributed by atoms with Gasteiger partial charge < -0.3 is 9.52 Å². The van der Waals surface area contributed by atoms with E-state index >= 15 is 0 Å². The highest BCUT2D eigenvalue weighted by atomic mass is 19.1. The number of carboxylic acids is 1. The van der Waals surface area contributed by atoms with Gasteiger partial charge in [0.1, 0.15) is 11.4 Å². The lowest BCUT2D eigenvalue weighted by Gasteiger charge is -2.01. The second kappa shape index (κ2) is 4.49. The summed E-state index contributed by atoms with van der Waals surface area (Å²) in [6, 6.07) is 11.6. The van der Waals surface area contributed by atoms with Crippen LogP contribution in [0, 0.1) is 12.7 Å². The summed E-state index contributed by atoms with van der Waals surface area (Å²) in [6.07, 6.45) is 0. The van der Waals surface area contributed by atoms with Gasteiger partial charge in [-0.05, 0) is 42.3 Å². The molecule has 0 aliphatic heterocycles. The van der Waals surface area contributed by atoms with E-state index in [2.05, 4.69) is 0 Å². The molecule has 0 amide bonds. The largest absolute Gasteiger partial charge is 0.475 e. The molecule has 1 heterocycles. The van der Waals surface area contributed by atoms with E-state index in [4.69, 9.17) is 9.52 Å². The zero-order valence-electron chi connectivity index (χ0n) is 10.7. The maximum Gasteiger partial charge on any atom is 0.372 e. The predicted octanol–water partition coefficient (Wildman–Crippen LogP) is 4.25. The number of benzene rings is 2. The van der Waals surface area contributed by atoms with Crippen molar-refractivity contribution in [3.05, 3.63) is 59.6 Å². The average molecular weight is 270 g/mol.